The van der Waals surface area contributed by atoms with Crippen molar-refractivity contribution in [1.82, 2.24) is 13.8 Å². The Labute approximate surface area is 149 Å². The van der Waals surface area contributed by atoms with Crippen molar-refractivity contribution >= 4 is 26.8 Å². The average Bonchev–Trinajstić information content (AvgIpc) is 2.77. The largest absolute Gasteiger partial charge is 0.348 e. The molecule has 136 valence electrons. The van der Waals surface area contributed by atoms with E-state index in [4.69, 9.17) is 0 Å². The molecular formula is C18H25N3O3S. The predicted octanol–water partition coefficient (Wildman–Crippen LogP) is 1.52. The molecular weight excluding hydrogens is 338 g/mol. The maximum absolute atomic E-state index is 12.8. The van der Waals surface area contributed by atoms with Crippen molar-refractivity contribution in [3.63, 3.8) is 0 Å². The van der Waals surface area contributed by atoms with Crippen LogP contribution in [-0.2, 0) is 28.3 Å². The van der Waals surface area contributed by atoms with Gasteiger partial charge in [0, 0.05) is 49.8 Å². The second-order valence-corrected chi connectivity index (χ2v) is 8.70. The Hall–Kier alpha value is -1.86. The Bertz CT molecular complexity index is 902. The zero-order valence-corrected chi connectivity index (χ0v) is 15.8. The SMILES string of the molecule is Cc1c(CC(=O)N2CCCN(S(C)(=O)=O)CC2)c2ccccc2n1C. The molecule has 1 aliphatic heterocycles. The van der Waals surface area contributed by atoms with Crippen molar-refractivity contribution < 1.29 is 13.2 Å². The quantitative estimate of drug-likeness (QED) is 0.831. The van der Waals surface area contributed by atoms with Gasteiger partial charge in [0.25, 0.3) is 0 Å². The molecule has 25 heavy (non-hydrogen) atoms. The molecule has 1 aliphatic rings. The van der Waals surface area contributed by atoms with Gasteiger partial charge in [0.05, 0.1) is 12.7 Å². The number of hydrogen-bond donors (Lipinski definition) is 0. The molecule has 0 aliphatic carbocycles. The van der Waals surface area contributed by atoms with Gasteiger partial charge in [-0.2, -0.15) is 0 Å². The molecule has 2 heterocycles. The van der Waals surface area contributed by atoms with E-state index in [2.05, 4.69) is 16.7 Å². The highest BCUT2D eigenvalue weighted by atomic mass is 32.2. The Morgan fingerprint density at radius 1 is 1.12 bits per heavy atom. The fourth-order valence-electron chi connectivity index (χ4n) is 3.56. The molecule has 0 unspecified atom stereocenters. The number of fused-ring (bicyclic) bond motifs is 1. The van der Waals surface area contributed by atoms with Crippen molar-refractivity contribution in [2.24, 2.45) is 7.05 Å². The van der Waals surface area contributed by atoms with E-state index in [1.54, 1.807) is 4.90 Å². The molecule has 0 bridgehead atoms. The first-order valence-electron chi connectivity index (χ1n) is 8.55. The van der Waals surface area contributed by atoms with Crippen molar-refractivity contribution in [3.05, 3.63) is 35.5 Å². The van der Waals surface area contributed by atoms with Gasteiger partial charge < -0.3 is 9.47 Å². The number of carbonyl (C=O) groups is 1. The second-order valence-electron chi connectivity index (χ2n) is 6.71. The van der Waals surface area contributed by atoms with E-state index in [-0.39, 0.29) is 5.91 Å². The minimum Gasteiger partial charge on any atom is -0.348 e. The van der Waals surface area contributed by atoms with Gasteiger partial charge >= 0.3 is 0 Å². The van der Waals surface area contributed by atoms with Crippen LogP contribution < -0.4 is 0 Å². The molecule has 6 nitrogen and oxygen atoms in total. The van der Waals surface area contributed by atoms with Gasteiger partial charge in [0.15, 0.2) is 0 Å². The molecule has 0 N–H and O–H groups in total. The van der Waals surface area contributed by atoms with Crippen molar-refractivity contribution in [2.75, 3.05) is 32.4 Å². The Morgan fingerprint density at radius 2 is 1.84 bits per heavy atom. The summed E-state index contributed by atoms with van der Waals surface area (Å²) in [6.07, 6.45) is 2.25. The maximum atomic E-state index is 12.8. The molecule has 3 rings (SSSR count). The van der Waals surface area contributed by atoms with E-state index < -0.39 is 10.0 Å². The minimum atomic E-state index is -3.20. The van der Waals surface area contributed by atoms with Crippen LogP contribution in [-0.4, -0.2) is 60.5 Å². The van der Waals surface area contributed by atoms with E-state index in [9.17, 15) is 13.2 Å². The summed E-state index contributed by atoms with van der Waals surface area (Å²) >= 11 is 0. The first-order chi connectivity index (χ1) is 11.8. The number of sulfonamides is 1. The molecule has 1 fully saturated rings. The predicted molar refractivity (Wildman–Crippen MR) is 99.0 cm³/mol. The van der Waals surface area contributed by atoms with Crippen molar-refractivity contribution in [3.8, 4) is 0 Å². The van der Waals surface area contributed by atoms with Gasteiger partial charge in [-0.25, -0.2) is 12.7 Å². The number of amides is 1. The molecule has 1 amide bonds. The van der Waals surface area contributed by atoms with Crippen LogP contribution >= 0.6 is 0 Å². The highest BCUT2D eigenvalue weighted by Gasteiger charge is 2.25. The highest BCUT2D eigenvalue weighted by molar-refractivity contribution is 7.88. The minimum absolute atomic E-state index is 0.0646. The van der Waals surface area contributed by atoms with E-state index in [0.717, 1.165) is 22.2 Å². The number of benzene rings is 1. The molecule has 0 saturated carbocycles. The van der Waals surface area contributed by atoms with Crippen molar-refractivity contribution in [2.45, 2.75) is 19.8 Å². The van der Waals surface area contributed by atoms with E-state index in [1.807, 2.05) is 26.1 Å². The second kappa shape index (κ2) is 6.80. The summed E-state index contributed by atoms with van der Waals surface area (Å²) in [5.41, 5.74) is 3.29. The van der Waals surface area contributed by atoms with Crippen LogP contribution in [0.2, 0.25) is 0 Å². The number of para-hydroxylation sites is 1. The Morgan fingerprint density at radius 3 is 2.56 bits per heavy atom. The lowest BCUT2D eigenvalue weighted by molar-refractivity contribution is -0.130. The van der Waals surface area contributed by atoms with Gasteiger partial charge in [-0.3, -0.25) is 4.79 Å². The van der Waals surface area contributed by atoms with E-state index in [0.29, 0.717) is 39.0 Å². The number of hydrogen-bond acceptors (Lipinski definition) is 3. The van der Waals surface area contributed by atoms with Crippen LogP contribution in [0.1, 0.15) is 17.7 Å². The number of carbonyl (C=O) groups excluding carboxylic acids is 1. The first kappa shape index (κ1) is 17.9. The van der Waals surface area contributed by atoms with Gasteiger partial charge in [-0.05, 0) is 25.0 Å². The number of rotatable bonds is 3. The number of aryl methyl sites for hydroxylation is 1. The lowest BCUT2D eigenvalue weighted by Gasteiger charge is -2.21. The zero-order chi connectivity index (χ0) is 18.2. The third-order valence-corrected chi connectivity index (χ3v) is 6.44. The van der Waals surface area contributed by atoms with Gasteiger partial charge in [0.1, 0.15) is 0 Å². The first-order valence-corrected chi connectivity index (χ1v) is 10.4. The standard InChI is InChI=1S/C18H25N3O3S/c1-14-16(15-7-4-5-8-17(15)19(14)2)13-18(22)20-9-6-10-21(12-11-20)25(3,23)24/h4-5,7-8H,6,9-13H2,1-3H3. The summed E-state index contributed by atoms with van der Waals surface area (Å²) < 4.78 is 27.0. The average molecular weight is 363 g/mol. The molecule has 0 atom stereocenters. The molecule has 1 aromatic heterocycles. The van der Waals surface area contributed by atoms with Gasteiger partial charge in [-0.1, -0.05) is 18.2 Å². The van der Waals surface area contributed by atoms with E-state index in [1.165, 1.54) is 10.6 Å². The number of nitrogens with zero attached hydrogens (tertiary/aromatic N) is 3. The summed E-state index contributed by atoms with van der Waals surface area (Å²) in [4.78, 5) is 14.6. The Balaban J connectivity index is 1.78. The zero-order valence-electron chi connectivity index (χ0n) is 15.0. The van der Waals surface area contributed by atoms with E-state index >= 15 is 0 Å². The molecule has 1 saturated heterocycles. The lowest BCUT2D eigenvalue weighted by atomic mass is 10.1. The Kier molecular flexibility index (Phi) is 4.88. The van der Waals surface area contributed by atoms with Crippen LogP contribution in [0.4, 0.5) is 0 Å². The molecule has 0 spiro atoms. The highest BCUT2D eigenvalue weighted by Crippen LogP contribution is 2.25. The van der Waals surface area contributed by atoms with Crippen LogP contribution in [0.5, 0.6) is 0 Å². The van der Waals surface area contributed by atoms with Crippen LogP contribution in [0.15, 0.2) is 24.3 Å². The lowest BCUT2D eigenvalue weighted by Crippen LogP contribution is -2.37. The fourth-order valence-corrected chi connectivity index (χ4v) is 4.43. The molecule has 0 radical (unpaired) electrons. The molecule has 1 aromatic carbocycles. The fraction of sp³-hybridized carbons (Fsp3) is 0.500. The molecule has 2 aromatic rings. The summed E-state index contributed by atoms with van der Waals surface area (Å²) in [5, 5.41) is 1.11. The van der Waals surface area contributed by atoms with Gasteiger partial charge in [0.2, 0.25) is 15.9 Å². The monoisotopic (exact) mass is 363 g/mol. The molecule has 7 heteroatoms. The summed E-state index contributed by atoms with van der Waals surface area (Å²) in [6, 6.07) is 8.11. The van der Waals surface area contributed by atoms with Crippen LogP contribution in [0, 0.1) is 6.92 Å². The maximum Gasteiger partial charge on any atom is 0.227 e. The van der Waals surface area contributed by atoms with Crippen LogP contribution in [0.25, 0.3) is 10.9 Å². The van der Waals surface area contributed by atoms with Gasteiger partial charge in [-0.15, -0.1) is 0 Å². The smallest absolute Gasteiger partial charge is 0.227 e. The third kappa shape index (κ3) is 3.57. The normalized spacial score (nSPS) is 17.0. The topological polar surface area (TPSA) is 62.6 Å². The third-order valence-electron chi connectivity index (χ3n) is 5.13. The summed E-state index contributed by atoms with van der Waals surface area (Å²) in [7, 11) is -1.18. The van der Waals surface area contributed by atoms with Crippen molar-refractivity contribution in [1.29, 1.82) is 0 Å². The summed E-state index contributed by atoms with van der Waals surface area (Å²) in [5.74, 6) is 0.0646. The van der Waals surface area contributed by atoms with Crippen LogP contribution in [0.3, 0.4) is 0 Å². The number of aromatic nitrogens is 1. The summed E-state index contributed by atoms with van der Waals surface area (Å²) in [6.45, 7) is 3.95.